The molecule has 21 heavy (non-hydrogen) atoms. The summed E-state index contributed by atoms with van der Waals surface area (Å²) in [5.74, 6) is -0.460. The fraction of sp³-hybridized carbons (Fsp3) is 0.571. The number of aliphatic carboxylic acids is 1. The predicted molar refractivity (Wildman–Crippen MR) is 87.5 cm³/mol. The van der Waals surface area contributed by atoms with Gasteiger partial charge in [0, 0.05) is 17.8 Å². The minimum absolute atomic E-state index is 0.0378. The first kappa shape index (κ1) is 18.0. The van der Waals surface area contributed by atoms with Gasteiger partial charge in [-0.1, -0.05) is 13.8 Å². The standard InChI is InChI=1S/C14H21BrN2O3S/c1-9(2)5-10(6-13(18)19)7-16-14(20)17-8-11-3-4-12(15)21-11/h3-4,9-10H,5-8H2,1-2H3,(H,18,19)(H2,16,17,20)/t10-/m0/s1. The predicted octanol–water partition coefficient (Wildman–Crippen LogP) is 3.45. The average Bonchev–Trinajstić information content (AvgIpc) is 2.78. The minimum Gasteiger partial charge on any atom is -0.481 e. The molecule has 0 aliphatic heterocycles. The molecule has 118 valence electrons. The van der Waals surface area contributed by atoms with Crippen LogP contribution in [0, 0.1) is 11.8 Å². The Morgan fingerprint density at radius 3 is 2.57 bits per heavy atom. The molecule has 7 heteroatoms. The van der Waals surface area contributed by atoms with Crippen LogP contribution in [0.2, 0.25) is 0 Å². The van der Waals surface area contributed by atoms with Gasteiger partial charge in [-0.05, 0) is 46.3 Å². The van der Waals surface area contributed by atoms with Crippen molar-refractivity contribution in [2.75, 3.05) is 6.54 Å². The van der Waals surface area contributed by atoms with Gasteiger partial charge < -0.3 is 15.7 Å². The second kappa shape index (κ2) is 9.04. The van der Waals surface area contributed by atoms with Crippen LogP contribution < -0.4 is 10.6 Å². The molecular formula is C14H21BrN2O3S. The van der Waals surface area contributed by atoms with Crippen molar-refractivity contribution in [2.24, 2.45) is 11.8 Å². The van der Waals surface area contributed by atoms with Gasteiger partial charge in [0.1, 0.15) is 0 Å². The van der Waals surface area contributed by atoms with E-state index in [-0.39, 0.29) is 18.4 Å². The van der Waals surface area contributed by atoms with Gasteiger partial charge >= 0.3 is 12.0 Å². The number of hydrogen-bond donors (Lipinski definition) is 3. The molecule has 0 aromatic carbocycles. The molecule has 1 aromatic rings. The Morgan fingerprint density at radius 2 is 2.05 bits per heavy atom. The second-order valence-corrected chi connectivity index (χ2v) is 7.91. The third-order valence-electron chi connectivity index (χ3n) is 2.87. The molecule has 3 N–H and O–H groups in total. The van der Waals surface area contributed by atoms with Gasteiger partial charge in [0.15, 0.2) is 0 Å². The van der Waals surface area contributed by atoms with E-state index in [2.05, 4.69) is 26.6 Å². The second-order valence-electron chi connectivity index (χ2n) is 5.36. The van der Waals surface area contributed by atoms with Crippen LogP contribution in [0.1, 0.15) is 31.6 Å². The number of halogens is 1. The molecular weight excluding hydrogens is 356 g/mol. The normalized spacial score (nSPS) is 12.2. The van der Waals surface area contributed by atoms with Gasteiger partial charge in [-0.3, -0.25) is 4.79 Å². The Balaban J connectivity index is 2.33. The lowest BCUT2D eigenvalue weighted by atomic mass is 9.94. The highest BCUT2D eigenvalue weighted by Gasteiger charge is 2.16. The number of urea groups is 1. The minimum atomic E-state index is -0.828. The Morgan fingerprint density at radius 1 is 1.33 bits per heavy atom. The van der Waals surface area contributed by atoms with E-state index in [0.717, 1.165) is 15.1 Å². The molecule has 2 amide bonds. The molecule has 1 rings (SSSR count). The molecule has 0 fully saturated rings. The topological polar surface area (TPSA) is 78.4 Å². The maximum Gasteiger partial charge on any atom is 0.315 e. The van der Waals surface area contributed by atoms with E-state index in [0.29, 0.717) is 19.0 Å². The van der Waals surface area contributed by atoms with Gasteiger partial charge in [0.05, 0.1) is 10.3 Å². The Labute approximate surface area is 137 Å². The van der Waals surface area contributed by atoms with Crippen LogP contribution >= 0.6 is 27.3 Å². The van der Waals surface area contributed by atoms with Crippen molar-refractivity contribution in [1.82, 2.24) is 10.6 Å². The molecule has 0 saturated heterocycles. The fourth-order valence-electron chi connectivity index (χ4n) is 2.07. The van der Waals surface area contributed by atoms with Crippen molar-refractivity contribution >= 4 is 39.3 Å². The van der Waals surface area contributed by atoms with Crippen molar-refractivity contribution in [2.45, 2.75) is 33.2 Å². The summed E-state index contributed by atoms with van der Waals surface area (Å²) in [4.78, 5) is 23.6. The smallest absolute Gasteiger partial charge is 0.315 e. The third-order valence-corrected chi connectivity index (χ3v) is 4.49. The number of carboxylic acid groups (broad SMARTS) is 1. The molecule has 0 saturated carbocycles. The maximum absolute atomic E-state index is 11.7. The van der Waals surface area contributed by atoms with Crippen LogP contribution in [0.5, 0.6) is 0 Å². The van der Waals surface area contributed by atoms with E-state index < -0.39 is 5.97 Å². The molecule has 1 atom stereocenters. The van der Waals surface area contributed by atoms with Gasteiger partial charge in [0.2, 0.25) is 0 Å². The summed E-state index contributed by atoms with van der Waals surface area (Å²) < 4.78 is 1.03. The number of nitrogens with one attached hydrogen (secondary N) is 2. The van der Waals surface area contributed by atoms with Gasteiger partial charge in [-0.2, -0.15) is 0 Å². The summed E-state index contributed by atoms with van der Waals surface area (Å²) in [5.41, 5.74) is 0. The lowest BCUT2D eigenvalue weighted by molar-refractivity contribution is -0.138. The number of rotatable bonds is 8. The van der Waals surface area contributed by atoms with Gasteiger partial charge in [-0.15, -0.1) is 11.3 Å². The summed E-state index contributed by atoms with van der Waals surface area (Å²) in [6.45, 7) is 4.94. The lowest BCUT2D eigenvalue weighted by Crippen LogP contribution is -2.38. The van der Waals surface area contributed by atoms with Crippen molar-refractivity contribution in [3.63, 3.8) is 0 Å². The molecule has 5 nitrogen and oxygen atoms in total. The van der Waals surface area contributed by atoms with E-state index in [4.69, 9.17) is 5.11 Å². The fourth-order valence-corrected chi connectivity index (χ4v) is 3.49. The summed E-state index contributed by atoms with van der Waals surface area (Å²) in [5, 5.41) is 14.4. The number of hydrogen-bond acceptors (Lipinski definition) is 3. The molecule has 1 heterocycles. The highest BCUT2D eigenvalue weighted by Crippen LogP contribution is 2.21. The maximum atomic E-state index is 11.7. The monoisotopic (exact) mass is 376 g/mol. The third kappa shape index (κ3) is 8.06. The van der Waals surface area contributed by atoms with Crippen molar-refractivity contribution in [3.8, 4) is 0 Å². The summed E-state index contributed by atoms with van der Waals surface area (Å²) >= 11 is 4.94. The number of carbonyl (C=O) groups excluding carboxylic acids is 1. The van der Waals surface area contributed by atoms with E-state index >= 15 is 0 Å². The first-order valence-electron chi connectivity index (χ1n) is 6.84. The Kier molecular flexibility index (Phi) is 7.74. The lowest BCUT2D eigenvalue weighted by Gasteiger charge is -2.17. The molecule has 1 aromatic heterocycles. The number of thiophene rings is 1. The summed E-state index contributed by atoms with van der Waals surface area (Å²) in [7, 11) is 0. The van der Waals surface area contributed by atoms with Crippen LogP contribution in [0.4, 0.5) is 4.79 Å². The average molecular weight is 377 g/mol. The first-order chi connectivity index (χ1) is 9.86. The zero-order chi connectivity index (χ0) is 15.8. The van der Waals surface area contributed by atoms with E-state index in [1.165, 1.54) is 0 Å². The quantitative estimate of drug-likeness (QED) is 0.649. The van der Waals surface area contributed by atoms with E-state index in [1.807, 2.05) is 26.0 Å². The first-order valence-corrected chi connectivity index (χ1v) is 8.45. The van der Waals surface area contributed by atoms with Crippen molar-refractivity contribution in [1.29, 1.82) is 0 Å². The van der Waals surface area contributed by atoms with Crippen molar-refractivity contribution in [3.05, 3.63) is 20.8 Å². The van der Waals surface area contributed by atoms with Crippen LogP contribution in [-0.4, -0.2) is 23.7 Å². The van der Waals surface area contributed by atoms with E-state index in [9.17, 15) is 9.59 Å². The summed E-state index contributed by atoms with van der Waals surface area (Å²) in [6.07, 6.45) is 0.862. The zero-order valence-electron chi connectivity index (χ0n) is 12.2. The van der Waals surface area contributed by atoms with Crippen molar-refractivity contribution < 1.29 is 14.7 Å². The van der Waals surface area contributed by atoms with Gasteiger partial charge in [0.25, 0.3) is 0 Å². The summed E-state index contributed by atoms with van der Waals surface area (Å²) in [6, 6.07) is 3.62. The molecule has 0 spiro atoms. The Bertz CT molecular complexity index is 477. The zero-order valence-corrected chi connectivity index (χ0v) is 14.6. The SMILES string of the molecule is CC(C)C[C@H](CNC(=O)NCc1ccc(Br)s1)CC(=O)O. The van der Waals surface area contributed by atoms with Crippen LogP contribution in [0.15, 0.2) is 15.9 Å². The van der Waals surface area contributed by atoms with Crippen LogP contribution in [-0.2, 0) is 11.3 Å². The highest BCUT2D eigenvalue weighted by molar-refractivity contribution is 9.11. The molecule has 0 aliphatic rings. The largest absolute Gasteiger partial charge is 0.481 e. The molecule has 0 aliphatic carbocycles. The highest BCUT2D eigenvalue weighted by atomic mass is 79.9. The molecule has 0 unspecified atom stereocenters. The molecule has 0 radical (unpaired) electrons. The number of carboxylic acids is 1. The van der Waals surface area contributed by atoms with Gasteiger partial charge in [-0.25, -0.2) is 4.79 Å². The Hall–Kier alpha value is -1.08. The number of amides is 2. The van der Waals surface area contributed by atoms with E-state index in [1.54, 1.807) is 11.3 Å². The van der Waals surface area contributed by atoms with Crippen LogP contribution in [0.25, 0.3) is 0 Å². The van der Waals surface area contributed by atoms with Crippen LogP contribution in [0.3, 0.4) is 0 Å². The number of carbonyl (C=O) groups is 2. The molecule has 0 bridgehead atoms.